The van der Waals surface area contributed by atoms with Crippen molar-refractivity contribution in [2.45, 2.75) is 12.4 Å². The van der Waals surface area contributed by atoms with Crippen molar-refractivity contribution in [3.63, 3.8) is 0 Å². The molecule has 1 aliphatic heterocycles. The minimum atomic E-state index is 0.129. The molecule has 1 saturated heterocycles. The second-order valence-electron chi connectivity index (χ2n) is 5.00. The molecule has 0 unspecified atom stereocenters. The summed E-state index contributed by atoms with van der Waals surface area (Å²) in [5, 5.41) is 0. The molecule has 0 aliphatic carbocycles. The van der Waals surface area contributed by atoms with Gasteiger partial charge in [-0.25, -0.2) is 0 Å². The molecule has 3 rings (SSSR count). The van der Waals surface area contributed by atoms with Crippen molar-refractivity contribution in [3.05, 3.63) is 78.9 Å². The highest BCUT2D eigenvalue weighted by Gasteiger charge is 2.37. The average Bonchev–Trinajstić information content (AvgIpc) is 2.93. The van der Waals surface area contributed by atoms with E-state index in [0.29, 0.717) is 5.92 Å². The molecule has 0 saturated carbocycles. The lowest BCUT2D eigenvalue weighted by Crippen LogP contribution is -2.29. The quantitative estimate of drug-likeness (QED) is 0.597. The topological polar surface area (TPSA) is 9.23 Å². The molecule has 0 amide bonds. The van der Waals surface area contributed by atoms with Crippen LogP contribution in [0.1, 0.15) is 11.7 Å². The van der Waals surface area contributed by atoms with Crippen LogP contribution in [-0.2, 0) is 4.65 Å². The largest absolute Gasteiger partial charge is 0.423 e. The van der Waals surface area contributed by atoms with E-state index in [9.17, 15) is 0 Å². The van der Waals surface area contributed by atoms with Gasteiger partial charge in [-0.2, -0.15) is 0 Å². The summed E-state index contributed by atoms with van der Waals surface area (Å²) in [6.45, 7) is 4.14. The highest BCUT2D eigenvalue weighted by Crippen LogP contribution is 2.37. The maximum absolute atomic E-state index is 6.27. The van der Waals surface area contributed by atoms with Crippen molar-refractivity contribution in [1.82, 2.24) is 0 Å². The van der Waals surface area contributed by atoms with E-state index in [-0.39, 0.29) is 13.0 Å². The standard InChI is InChI=1S/C17H17BO/c1-2-14-13-18(16-11-7-4-8-12-16)19-17(14)15-9-5-3-6-10-15/h2-12,14,17H,1,13H2/t14-,17+/m1/s1. The zero-order valence-electron chi connectivity index (χ0n) is 10.9. The van der Waals surface area contributed by atoms with Gasteiger partial charge < -0.3 is 4.65 Å². The first-order chi connectivity index (χ1) is 9.38. The maximum atomic E-state index is 6.27. The van der Waals surface area contributed by atoms with E-state index in [1.54, 1.807) is 0 Å². The van der Waals surface area contributed by atoms with E-state index in [1.165, 1.54) is 11.0 Å². The van der Waals surface area contributed by atoms with Crippen LogP contribution in [0.5, 0.6) is 0 Å². The molecule has 2 heteroatoms. The highest BCUT2D eigenvalue weighted by molar-refractivity contribution is 6.68. The van der Waals surface area contributed by atoms with Gasteiger partial charge in [0.05, 0.1) is 6.10 Å². The van der Waals surface area contributed by atoms with Crippen molar-refractivity contribution in [1.29, 1.82) is 0 Å². The molecule has 2 aromatic carbocycles. The van der Waals surface area contributed by atoms with Crippen molar-refractivity contribution < 1.29 is 4.65 Å². The Labute approximate surface area is 115 Å². The van der Waals surface area contributed by atoms with Crippen LogP contribution in [-0.4, -0.2) is 6.92 Å². The fourth-order valence-electron chi connectivity index (χ4n) is 2.77. The molecule has 2 atom stereocenters. The number of hydrogen-bond acceptors (Lipinski definition) is 1. The lowest BCUT2D eigenvalue weighted by Gasteiger charge is -2.17. The van der Waals surface area contributed by atoms with Crippen LogP contribution in [0.25, 0.3) is 0 Å². The molecule has 0 N–H and O–H groups in total. The van der Waals surface area contributed by atoms with Gasteiger partial charge in [0.2, 0.25) is 0 Å². The zero-order chi connectivity index (χ0) is 13.1. The van der Waals surface area contributed by atoms with Crippen LogP contribution < -0.4 is 5.46 Å². The number of hydrogen-bond donors (Lipinski definition) is 0. The molecular weight excluding hydrogens is 231 g/mol. The van der Waals surface area contributed by atoms with Gasteiger partial charge in [0.15, 0.2) is 0 Å². The van der Waals surface area contributed by atoms with Crippen LogP contribution in [0, 0.1) is 5.92 Å². The third-order valence-corrected chi connectivity index (χ3v) is 3.79. The van der Waals surface area contributed by atoms with E-state index in [2.05, 4.69) is 55.1 Å². The van der Waals surface area contributed by atoms with Crippen molar-refractivity contribution in [3.8, 4) is 0 Å². The second-order valence-corrected chi connectivity index (χ2v) is 5.00. The predicted molar refractivity (Wildman–Crippen MR) is 80.6 cm³/mol. The first-order valence-electron chi connectivity index (χ1n) is 6.76. The third-order valence-electron chi connectivity index (χ3n) is 3.79. The summed E-state index contributed by atoms with van der Waals surface area (Å²) in [5.41, 5.74) is 2.50. The Bertz CT molecular complexity index is 538. The second kappa shape index (κ2) is 5.46. The molecule has 0 radical (unpaired) electrons. The Morgan fingerprint density at radius 3 is 2.26 bits per heavy atom. The first kappa shape index (κ1) is 12.2. The predicted octanol–water partition coefficient (Wildman–Crippen LogP) is 3.46. The molecule has 1 heterocycles. The molecule has 1 fully saturated rings. The summed E-state index contributed by atoms with van der Waals surface area (Å²) in [6.07, 6.45) is 3.16. The van der Waals surface area contributed by atoms with Crippen LogP contribution in [0.15, 0.2) is 73.3 Å². The van der Waals surface area contributed by atoms with E-state index in [1.807, 2.05) is 18.2 Å². The van der Waals surface area contributed by atoms with Gasteiger partial charge in [0.25, 0.3) is 0 Å². The van der Waals surface area contributed by atoms with E-state index < -0.39 is 0 Å². The molecular formula is C17H17BO. The molecule has 94 valence electrons. The molecule has 0 spiro atoms. The van der Waals surface area contributed by atoms with Gasteiger partial charge in [0.1, 0.15) is 0 Å². The lowest BCUT2D eigenvalue weighted by molar-refractivity contribution is 0.210. The SMILES string of the molecule is C=C[C@@H]1CB(c2ccccc2)O[C@@H]1c1ccccc1. The van der Waals surface area contributed by atoms with Gasteiger partial charge in [-0.15, -0.1) is 6.58 Å². The minimum absolute atomic E-state index is 0.129. The van der Waals surface area contributed by atoms with E-state index in [4.69, 9.17) is 4.65 Å². The van der Waals surface area contributed by atoms with Gasteiger partial charge >= 0.3 is 6.92 Å². The van der Waals surface area contributed by atoms with E-state index in [0.717, 1.165) is 6.32 Å². The minimum Gasteiger partial charge on any atom is -0.423 e. The molecule has 1 nitrogen and oxygen atoms in total. The van der Waals surface area contributed by atoms with Crippen LogP contribution in [0.4, 0.5) is 0 Å². The van der Waals surface area contributed by atoms with Crippen molar-refractivity contribution in [2.24, 2.45) is 5.92 Å². The van der Waals surface area contributed by atoms with Crippen LogP contribution >= 0.6 is 0 Å². The van der Waals surface area contributed by atoms with Gasteiger partial charge in [-0.3, -0.25) is 0 Å². The van der Waals surface area contributed by atoms with Crippen LogP contribution in [0.2, 0.25) is 6.32 Å². The Balaban J connectivity index is 1.85. The average molecular weight is 248 g/mol. The Hall–Kier alpha value is -1.80. The maximum Gasteiger partial charge on any atom is 0.328 e. The van der Waals surface area contributed by atoms with Crippen molar-refractivity contribution >= 4 is 12.4 Å². The summed E-state index contributed by atoms with van der Waals surface area (Å²) in [6, 6.07) is 20.9. The summed E-state index contributed by atoms with van der Waals surface area (Å²) in [4.78, 5) is 0. The van der Waals surface area contributed by atoms with Gasteiger partial charge in [-0.05, 0) is 17.3 Å². The fourth-order valence-corrected chi connectivity index (χ4v) is 2.77. The fraction of sp³-hybridized carbons (Fsp3) is 0.176. The zero-order valence-corrected chi connectivity index (χ0v) is 10.9. The molecule has 0 aromatic heterocycles. The van der Waals surface area contributed by atoms with Crippen molar-refractivity contribution in [2.75, 3.05) is 0 Å². The number of benzene rings is 2. The molecule has 2 aromatic rings. The smallest absolute Gasteiger partial charge is 0.328 e. The molecule has 19 heavy (non-hydrogen) atoms. The number of rotatable bonds is 3. The summed E-state index contributed by atoms with van der Waals surface area (Å²) in [7, 11) is 0. The molecule has 1 aliphatic rings. The Kier molecular flexibility index (Phi) is 3.52. The van der Waals surface area contributed by atoms with Crippen LogP contribution in [0.3, 0.4) is 0 Å². The summed E-state index contributed by atoms with van der Waals surface area (Å²) >= 11 is 0. The molecule has 0 bridgehead atoms. The monoisotopic (exact) mass is 248 g/mol. The Morgan fingerprint density at radius 1 is 1.00 bits per heavy atom. The third kappa shape index (κ3) is 2.49. The van der Waals surface area contributed by atoms with Gasteiger partial charge in [-0.1, -0.05) is 66.7 Å². The normalized spacial score (nSPS) is 22.4. The first-order valence-corrected chi connectivity index (χ1v) is 6.76. The summed E-state index contributed by atoms with van der Waals surface area (Å²) in [5.74, 6) is 0.382. The Morgan fingerprint density at radius 2 is 1.63 bits per heavy atom. The summed E-state index contributed by atoms with van der Waals surface area (Å²) < 4.78 is 6.27. The highest BCUT2D eigenvalue weighted by atomic mass is 16.5. The van der Waals surface area contributed by atoms with E-state index >= 15 is 0 Å². The lowest BCUT2D eigenvalue weighted by atomic mass is 9.57. The van der Waals surface area contributed by atoms with Gasteiger partial charge in [0, 0.05) is 5.92 Å².